The largest absolute Gasteiger partial charge is 0.465 e. The Morgan fingerprint density at radius 1 is 1.44 bits per heavy atom. The van der Waals surface area contributed by atoms with Gasteiger partial charge in [-0.25, -0.2) is 4.79 Å². The van der Waals surface area contributed by atoms with E-state index in [0.29, 0.717) is 6.54 Å². The van der Waals surface area contributed by atoms with Crippen molar-refractivity contribution in [1.82, 2.24) is 4.90 Å². The molecule has 2 saturated heterocycles. The van der Waals surface area contributed by atoms with E-state index in [-0.39, 0.29) is 15.7 Å². The fraction of sp³-hybridized carbons (Fsp3) is 0.722. The fourth-order valence-electron chi connectivity index (χ4n) is 4.26. The number of likely N-dealkylation sites (tertiary alicyclic amines) is 1. The molecule has 1 aromatic rings. The van der Waals surface area contributed by atoms with Crippen LogP contribution < -0.4 is 0 Å². The van der Waals surface area contributed by atoms with Crippen LogP contribution in [-0.2, 0) is 20.8 Å². The van der Waals surface area contributed by atoms with Crippen molar-refractivity contribution in [3.63, 3.8) is 0 Å². The first-order valence-corrected chi connectivity index (χ1v) is 11.8. The molecule has 1 amide bonds. The lowest BCUT2D eigenvalue weighted by Crippen LogP contribution is -2.53. The number of thiophene rings is 1. The van der Waals surface area contributed by atoms with Crippen LogP contribution in [0, 0.1) is 0 Å². The van der Waals surface area contributed by atoms with E-state index in [1.165, 1.54) is 33.2 Å². The zero-order chi connectivity index (χ0) is 17.7. The van der Waals surface area contributed by atoms with E-state index >= 15 is 0 Å². The Hall–Kier alpha value is -0.370. The SMILES string of the molecule is CCc1cc2c(s1)[C@]1(CCN(C(=O)O)[C@@H](C)C1)OCC21SCCCS1. The first kappa shape index (κ1) is 18.0. The predicted octanol–water partition coefficient (Wildman–Crippen LogP) is 4.72. The van der Waals surface area contributed by atoms with Gasteiger partial charge in [0.25, 0.3) is 0 Å². The van der Waals surface area contributed by atoms with Crippen LogP contribution in [0.1, 0.15) is 48.4 Å². The van der Waals surface area contributed by atoms with Crippen LogP contribution in [0.25, 0.3) is 0 Å². The number of amides is 1. The van der Waals surface area contributed by atoms with Gasteiger partial charge >= 0.3 is 6.09 Å². The molecule has 4 rings (SSSR count). The van der Waals surface area contributed by atoms with Crippen LogP contribution in [0.2, 0.25) is 0 Å². The highest BCUT2D eigenvalue weighted by molar-refractivity contribution is 8.18. The second-order valence-electron chi connectivity index (χ2n) is 7.17. The smallest absolute Gasteiger partial charge is 0.407 e. The van der Waals surface area contributed by atoms with E-state index in [0.717, 1.165) is 25.9 Å². The van der Waals surface area contributed by atoms with Crippen molar-refractivity contribution < 1.29 is 14.6 Å². The van der Waals surface area contributed by atoms with Gasteiger partial charge in [0.1, 0.15) is 9.68 Å². The van der Waals surface area contributed by atoms with Crippen LogP contribution in [0.3, 0.4) is 0 Å². The van der Waals surface area contributed by atoms with Crippen molar-refractivity contribution in [1.29, 1.82) is 0 Å². The molecule has 1 aromatic heterocycles. The Bertz CT molecular complexity index is 671. The summed E-state index contributed by atoms with van der Waals surface area (Å²) in [6, 6.07) is 2.41. The lowest BCUT2D eigenvalue weighted by molar-refractivity contribution is -0.107. The van der Waals surface area contributed by atoms with Crippen LogP contribution in [0.5, 0.6) is 0 Å². The van der Waals surface area contributed by atoms with Crippen LogP contribution >= 0.6 is 34.9 Å². The number of fused-ring (bicyclic) bond motifs is 3. The van der Waals surface area contributed by atoms with Gasteiger partial charge in [-0.15, -0.1) is 34.9 Å². The molecule has 138 valence electrons. The van der Waals surface area contributed by atoms with Crippen molar-refractivity contribution >= 4 is 41.0 Å². The van der Waals surface area contributed by atoms with Gasteiger partial charge in [0.2, 0.25) is 0 Å². The number of rotatable bonds is 1. The van der Waals surface area contributed by atoms with Gasteiger partial charge in [-0.2, -0.15) is 0 Å². The molecular weight excluding hydrogens is 374 g/mol. The number of thioether (sulfide) groups is 2. The number of carbonyl (C=O) groups is 1. The van der Waals surface area contributed by atoms with E-state index < -0.39 is 6.09 Å². The molecule has 0 bridgehead atoms. The number of piperidine rings is 1. The number of hydrogen-bond acceptors (Lipinski definition) is 5. The van der Waals surface area contributed by atoms with Crippen molar-refractivity contribution in [3.8, 4) is 0 Å². The molecule has 0 unspecified atom stereocenters. The van der Waals surface area contributed by atoms with E-state index in [9.17, 15) is 9.90 Å². The van der Waals surface area contributed by atoms with E-state index in [1.807, 2.05) is 41.8 Å². The van der Waals surface area contributed by atoms with Gasteiger partial charge in [0, 0.05) is 28.8 Å². The molecule has 4 nitrogen and oxygen atoms in total. The standard InChI is InChI=1S/C18H25NO3S3/c1-3-13-9-14-15(25-13)17(5-6-19(16(20)21)12(2)10-17)22-11-18(14)23-7-4-8-24-18/h9,12H,3-8,10-11H2,1-2H3,(H,20,21)/t12-,17+/m0/s1. The summed E-state index contributed by atoms with van der Waals surface area (Å²) in [6.07, 6.45) is 3.05. The summed E-state index contributed by atoms with van der Waals surface area (Å²) in [5.74, 6) is 2.40. The summed E-state index contributed by atoms with van der Waals surface area (Å²) in [6.45, 7) is 5.53. The number of ether oxygens (including phenoxy) is 1. The van der Waals surface area contributed by atoms with Crippen LogP contribution in [0.15, 0.2) is 6.07 Å². The predicted molar refractivity (Wildman–Crippen MR) is 106 cm³/mol. The zero-order valence-electron chi connectivity index (χ0n) is 14.7. The first-order chi connectivity index (χ1) is 12.0. The summed E-state index contributed by atoms with van der Waals surface area (Å²) in [5.41, 5.74) is 1.19. The lowest BCUT2D eigenvalue weighted by Gasteiger charge is -2.51. The van der Waals surface area contributed by atoms with Gasteiger partial charge in [0.15, 0.2) is 0 Å². The molecule has 0 aliphatic carbocycles. The number of nitrogens with zero attached hydrogens (tertiary/aromatic N) is 1. The monoisotopic (exact) mass is 399 g/mol. The molecule has 4 heterocycles. The van der Waals surface area contributed by atoms with Crippen molar-refractivity contribution in [2.45, 2.75) is 55.3 Å². The highest BCUT2D eigenvalue weighted by Gasteiger charge is 2.53. The quantitative estimate of drug-likeness (QED) is 0.740. The highest BCUT2D eigenvalue weighted by atomic mass is 32.2. The summed E-state index contributed by atoms with van der Waals surface area (Å²) in [5, 5.41) is 9.41. The minimum absolute atomic E-state index is 0.00742. The normalized spacial score (nSPS) is 31.3. The molecule has 0 aromatic carbocycles. The molecule has 7 heteroatoms. The molecule has 3 aliphatic rings. The Labute approximate surface area is 161 Å². The summed E-state index contributed by atoms with van der Waals surface area (Å²) in [4.78, 5) is 15.8. The van der Waals surface area contributed by atoms with Gasteiger partial charge in [-0.3, -0.25) is 0 Å². The minimum atomic E-state index is -0.811. The van der Waals surface area contributed by atoms with Crippen molar-refractivity contribution in [2.24, 2.45) is 0 Å². The fourth-order valence-corrected chi connectivity index (χ4v) is 8.92. The van der Waals surface area contributed by atoms with Gasteiger partial charge in [0.05, 0.1) is 6.61 Å². The molecule has 2 fully saturated rings. The average Bonchev–Trinajstić information content (AvgIpc) is 3.06. The molecule has 3 aliphatic heterocycles. The second-order valence-corrected chi connectivity index (χ2v) is 11.4. The maximum absolute atomic E-state index is 11.5. The number of hydrogen-bond donors (Lipinski definition) is 1. The van der Waals surface area contributed by atoms with Crippen molar-refractivity contribution in [2.75, 3.05) is 24.7 Å². The molecule has 1 N–H and O–H groups in total. The Morgan fingerprint density at radius 3 is 2.84 bits per heavy atom. The van der Waals surface area contributed by atoms with E-state index in [1.54, 1.807) is 4.90 Å². The molecule has 0 saturated carbocycles. The third-order valence-electron chi connectivity index (χ3n) is 5.61. The Morgan fingerprint density at radius 2 is 2.20 bits per heavy atom. The summed E-state index contributed by atoms with van der Waals surface area (Å²) in [7, 11) is 0. The third kappa shape index (κ3) is 2.91. The number of carboxylic acid groups (broad SMARTS) is 1. The summed E-state index contributed by atoms with van der Waals surface area (Å²) >= 11 is 6.00. The lowest BCUT2D eigenvalue weighted by atomic mass is 9.82. The highest BCUT2D eigenvalue weighted by Crippen LogP contribution is 2.60. The van der Waals surface area contributed by atoms with E-state index in [2.05, 4.69) is 13.0 Å². The topological polar surface area (TPSA) is 49.8 Å². The van der Waals surface area contributed by atoms with Gasteiger partial charge in [-0.1, -0.05) is 6.92 Å². The zero-order valence-corrected chi connectivity index (χ0v) is 17.2. The number of aryl methyl sites for hydroxylation is 1. The molecular formula is C18H25NO3S3. The minimum Gasteiger partial charge on any atom is -0.465 e. The average molecular weight is 400 g/mol. The molecule has 2 spiro atoms. The first-order valence-electron chi connectivity index (χ1n) is 9.05. The molecule has 2 atom stereocenters. The Balaban J connectivity index is 1.72. The van der Waals surface area contributed by atoms with E-state index in [4.69, 9.17) is 4.74 Å². The Kier molecular flexibility index (Phi) is 4.80. The second kappa shape index (κ2) is 6.66. The van der Waals surface area contributed by atoms with Gasteiger partial charge < -0.3 is 14.7 Å². The van der Waals surface area contributed by atoms with Crippen LogP contribution in [0.4, 0.5) is 4.79 Å². The van der Waals surface area contributed by atoms with Gasteiger partial charge in [-0.05, 0) is 49.3 Å². The maximum Gasteiger partial charge on any atom is 0.407 e. The molecule has 25 heavy (non-hydrogen) atoms. The molecule has 0 radical (unpaired) electrons. The van der Waals surface area contributed by atoms with Crippen LogP contribution in [-0.4, -0.2) is 46.8 Å². The van der Waals surface area contributed by atoms with Crippen molar-refractivity contribution in [3.05, 3.63) is 21.4 Å². The third-order valence-corrected chi connectivity index (χ3v) is 10.4. The summed E-state index contributed by atoms with van der Waals surface area (Å²) < 4.78 is 6.68. The maximum atomic E-state index is 11.5.